The zero-order valence-electron chi connectivity index (χ0n) is 16.7. The van der Waals surface area contributed by atoms with Gasteiger partial charge in [0, 0.05) is 11.5 Å². The van der Waals surface area contributed by atoms with E-state index in [9.17, 15) is 4.79 Å². The van der Waals surface area contributed by atoms with Gasteiger partial charge in [-0.15, -0.1) is 0 Å². The number of nitrogens with one attached hydrogen (secondary N) is 1. The van der Waals surface area contributed by atoms with E-state index in [0.717, 1.165) is 16.9 Å². The van der Waals surface area contributed by atoms with Crippen molar-refractivity contribution in [1.29, 1.82) is 5.26 Å². The van der Waals surface area contributed by atoms with E-state index in [1.54, 1.807) is 23.7 Å². The molecule has 6 nitrogen and oxygen atoms in total. The minimum Gasteiger partial charge on any atom is -0.305 e. The van der Waals surface area contributed by atoms with Gasteiger partial charge in [-0.3, -0.25) is 4.79 Å². The number of nitriles is 1. The minimum absolute atomic E-state index is 0.169. The monoisotopic (exact) mass is 373 g/mol. The summed E-state index contributed by atoms with van der Waals surface area (Å²) < 4.78 is 1.74. The SMILES string of the molecule is Cc1cccc(-n2nc(C(C)(C)C)cc2NC(=O)c2ccc(C#N)c(C)n2)c1. The molecule has 0 spiro atoms. The van der Waals surface area contributed by atoms with Crippen molar-refractivity contribution in [3.8, 4) is 11.8 Å². The van der Waals surface area contributed by atoms with Crippen molar-refractivity contribution < 1.29 is 4.79 Å². The number of rotatable bonds is 3. The van der Waals surface area contributed by atoms with Gasteiger partial charge in [0.05, 0.1) is 22.6 Å². The molecule has 0 atom stereocenters. The normalized spacial score (nSPS) is 11.1. The number of benzene rings is 1. The molecule has 0 aliphatic rings. The Balaban J connectivity index is 2.01. The average Bonchev–Trinajstić information content (AvgIpc) is 3.06. The third-order valence-electron chi connectivity index (χ3n) is 4.40. The highest BCUT2D eigenvalue weighted by atomic mass is 16.2. The Morgan fingerprint density at radius 2 is 1.89 bits per heavy atom. The van der Waals surface area contributed by atoms with Crippen molar-refractivity contribution in [2.24, 2.45) is 0 Å². The highest BCUT2D eigenvalue weighted by molar-refractivity contribution is 6.02. The van der Waals surface area contributed by atoms with E-state index in [2.05, 4.69) is 37.1 Å². The number of hydrogen-bond donors (Lipinski definition) is 1. The second-order valence-electron chi connectivity index (χ2n) is 7.81. The molecule has 28 heavy (non-hydrogen) atoms. The number of pyridine rings is 1. The molecule has 0 aliphatic heterocycles. The molecule has 2 heterocycles. The molecule has 3 rings (SSSR count). The molecule has 3 aromatic rings. The van der Waals surface area contributed by atoms with Gasteiger partial charge in [-0.1, -0.05) is 32.9 Å². The van der Waals surface area contributed by atoms with Crippen LogP contribution >= 0.6 is 0 Å². The Morgan fingerprint density at radius 3 is 2.50 bits per heavy atom. The summed E-state index contributed by atoms with van der Waals surface area (Å²) in [6.45, 7) is 9.95. The summed E-state index contributed by atoms with van der Waals surface area (Å²) in [5, 5.41) is 16.7. The highest BCUT2D eigenvalue weighted by Crippen LogP contribution is 2.27. The smallest absolute Gasteiger partial charge is 0.275 e. The molecule has 142 valence electrons. The first-order chi connectivity index (χ1) is 13.2. The standard InChI is InChI=1S/C22H23N5O/c1-14-7-6-8-17(11-14)27-20(12-19(26-27)22(3,4)5)25-21(28)18-10-9-16(13-23)15(2)24-18/h6-12H,1-5H3,(H,25,28). The predicted molar refractivity (Wildman–Crippen MR) is 109 cm³/mol. The average molecular weight is 373 g/mol. The summed E-state index contributed by atoms with van der Waals surface area (Å²) in [5.74, 6) is 0.228. The summed E-state index contributed by atoms with van der Waals surface area (Å²) in [6, 6.07) is 15.0. The van der Waals surface area contributed by atoms with Crippen molar-refractivity contribution in [3.05, 3.63) is 70.7 Å². The van der Waals surface area contributed by atoms with E-state index in [4.69, 9.17) is 10.4 Å². The molecule has 0 saturated heterocycles. The van der Waals surface area contributed by atoms with Gasteiger partial charge < -0.3 is 5.32 Å². The third-order valence-corrected chi connectivity index (χ3v) is 4.40. The van der Waals surface area contributed by atoms with Crippen LogP contribution in [-0.2, 0) is 5.41 Å². The molecule has 0 radical (unpaired) electrons. The lowest BCUT2D eigenvalue weighted by atomic mass is 9.92. The number of anilines is 1. The Morgan fingerprint density at radius 1 is 1.14 bits per heavy atom. The molecule has 1 amide bonds. The molecule has 0 aliphatic carbocycles. The van der Waals surface area contributed by atoms with E-state index in [0.29, 0.717) is 17.1 Å². The van der Waals surface area contributed by atoms with E-state index in [1.807, 2.05) is 37.3 Å². The first kappa shape index (κ1) is 19.3. The van der Waals surface area contributed by atoms with Gasteiger partial charge >= 0.3 is 0 Å². The van der Waals surface area contributed by atoms with Crippen LogP contribution in [0.4, 0.5) is 5.82 Å². The molecule has 0 bridgehead atoms. The zero-order valence-corrected chi connectivity index (χ0v) is 16.7. The lowest BCUT2D eigenvalue weighted by molar-refractivity contribution is 0.102. The van der Waals surface area contributed by atoms with Crippen LogP contribution in [0.1, 0.15) is 53.8 Å². The second-order valence-corrected chi connectivity index (χ2v) is 7.81. The highest BCUT2D eigenvalue weighted by Gasteiger charge is 2.22. The lowest BCUT2D eigenvalue weighted by Crippen LogP contribution is -2.17. The van der Waals surface area contributed by atoms with Crippen molar-refractivity contribution in [1.82, 2.24) is 14.8 Å². The topological polar surface area (TPSA) is 83.6 Å². The molecular formula is C22H23N5O. The number of nitrogens with zero attached hydrogens (tertiary/aromatic N) is 4. The third kappa shape index (κ3) is 3.94. The van der Waals surface area contributed by atoms with Gasteiger partial charge in [-0.25, -0.2) is 9.67 Å². The fourth-order valence-corrected chi connectivity index (χ4v) is 2.78. The van der Waals surface area contributed by atoms with Gasteiger partial charge in [0.1, 0.15) is 17.6 Å². The van der Waals surface area contributed by atoms with Crippen LogP contribution in [0.15, 0.2) is 42.5 Å². The first-order valence-corrected chi connectivity index (χ1v) is 9.06. The van der Waals surface area contributed by atoms with Crippen LogP contribution in [-0.4, -0.2) is 20.7 Å². The fraction of sp³-hybridized carbons (Fsp3) is 0.273. The molecule has 6 heteroatoms. The van der Waals surface area contributed by atoms with Crippen molar-refractivity contribution in [2.75, 3.05) is 5.32 Å². The van der Waals surface area contributed by atoms with E-state index in [1.165, 1.54) is 0 Å². The van der Waals surface area contributed by atoms with Crippen LogP contribution in [0.2, 0.25) is 0 Å². The van der Waals surface area contributed by atoms with Crippen LogP contribution in [0, 0.1) is 25.2 Å². The van der Waals surface area contributed by atoms with Crippen LogP contribution in [0.5, 0.6) is 0 Å². The molecule has 1 N–H and O–H groups in total. The van der Waals surface area contributed by atoms with Crippen molar-refractivity contribution >= 4 is 11.7 Å². The Kier molecular flexibility index (Phi) is 5.02. The molecule has 1 aromatic carbocycles. The largest absolute Gasteiger partial charge is 0.305 e. The van der Waals surface area contributed by atoms with Crippen LogP contribution < -0.4 is 5.32 Å². The summed E-state index contributed by atoms with van der Waals surface area (Å²) in [5.41, 5.74) is 3.91. The molecule has 0 saturated carbocycles. The number of carbonyl (C=O) groups is 1. The van der Waals surface area contributed by atoms with Crippen molar-refractivity contribution in [2.45, 2.75) is 40.0 Å². The van der Waals surface area contributed by atoms with E-state index >= 15 is 0 Å². The predicted octanol–water partition coefficient (Wildman–Crippen LogP) is 4.31. The number of aromatic nitrogens is 3. The maximum Gasteiger partial charge on any atom is 0.275 e. The Bertz CT molecular complexity index is 1080. The summed E-state index contributed by atoms with van der Waals surface area (Å²) in [4.78, 5) is 17.0. The van der Waals surface area contributed by atoms with Crippen LogP contribution in [0.25, 0.3) is 5.69 Å². The lowest BCUT2D eigenvalue weighted by Gasteiger charge is -2.14. The maximum atomic E-state index is 12.8. The Hall–Kier alpha value is -3.46. The number of amides is 1. The van der Waals surface area contributed by atoms with Crippen molar-refractivity contribution in [3.63, 3.8) is 0 Å². The summed E-state index contributed by atoms with van der Waals surface area (Å²) in [7, 11) is 0. The van der Waals surface area contributed by atoms with Gasteiger partial charge in [0.25, 0.3) is 5.91 Å². The molecule has 0 fully saturated rings. The van der Waals surface area contributed by atoms with Gasteiger partial charge in [0.2, 0.25) is 0 Å². The minimum atomic E-state index is -0.346. The summed E-state index contributed by atoms with van der Waals surface area (Å²) >= 11 is 0. The summed E-state index contributed by atoms with van der Waals surface area (Å²) in [6.07, 6.45) is 0. The molecule has 2 aromatic heterocycles. The first-order valence-electron chi connectivity index (χ1n) is 9.06. The number of aryl methyl sites for hydroxylation is 2. The molecular weight excluding hydrogens is 350 g/mol. The van der Waals surface area contributed by atoms with Crippen LogP contribution in [0.3, 0.4) is 0 Å². The second kappa shape index (κ2) is 7.28. The van der Waals surface area contributed by atoms with E-state index in [-0.39, 0.29) is 17.0 Å². The quantitative estimate of drug-likeness (QED) is 0.742. The maximum absolute atomic E-state index is 12.8. The van der Waals surface area contributed by atoms with Gasteiger partial charge in [-0.2, -0.15) is 10.4 Å². The Labute approximate surface area is 164 Å². The van der Waals surface area contributed by atoms with E-state index < -0.39 is 0 Å². The fourth-order valence-electron chi connectivity index (χ4n) is 2.78. The van der Waals surface area contributed by atoms with Gasteiger partial charge in [0.15, 0.2) is 0 Å². The number of carbonyl (C=O) groups excluding carboxylic acids is 1. The number of hydrogen-bond acceptors (Lipinski definition) is 4. The molecule has 0 unspecified atom stereocenters. The zero-order chi connectivity index (χ0) is 20.5. The van der Waals surface area contributed by atoms with Gasteiger partial charge in [-0.05, 0) is 43.7 Å².